The number of hydrogen-bond acceptors (Lipinski definition) is 5. The quantitative estimate of drug-likeness (QED) is 0.894. The minimum atomic E-state index is -0.332. The van der Waals surface area contributed by atoms with E-state index in [1.54, 1.807) is 11.0 Å². The molecule has 2 aromatic rings. The highest BCUT2D eigenvalue weighted by molar-refractivity contribution is 5.76. The number of benzene rings is 1. The maximum atomic E-state index is 12.5. The molecular formula is C18H23N5O2. The van der Waals surface area contributed by atoms with Crippen LogP contribution in [0.5, 0.6) is 0 Å². The molecule has 25 heavy (non-hydrogen) atoms. The van der Waals surface area contributed by atoms with Crippen LogP contribution in [0.2, 0.25) is 0 Å². The summed E-state index contributed by atoms with van der Waals surface area (Å²) in [4.78, 5) is 14.4. The number of tetrazole rings is 1. The summed E-state index contributed by atoms with van der Waals surface area (Å²) in [5.74, 6) is 0.184. The van der Waals surface area contributed by atoms with Gasteiger partial charge in [-0.1, -0.05) is 24.3 Å². The molecule has 1 atom stereocenters. The first-order chi connectivity index (χ1) is 12.2. The van der Waals surface area contributed by atoms with Gasteiger partial charge in [-0.2, -0.15) is 0 Å². The standard InChI is InChI=1S/C18H23N5O2/c24-16-12-14-4-1-2-5-15(14)18(16)7-10-22(11-8-18)17(25)6-3-9-23-13-19-20-21-23/h1-2,4-5,13,16,24H,3,6-12H2. The zero-order valence-electron chi connectivity index (χ0n) is 14.2. The van der Waals surface area contributed by atoms with Gasteiger partial charge in [0.05, 0.1) is 6.10 Å². The Kier molecular flexibility index (Phi) is 4.25. The molecule has 4 rings (SSSR count). The van der Waals surface area contributed by atoms with Crippen LogP contribution in [0.1, 0.15) is 36.8 Å². The van der Waals surface area contributed by atoms with E-state index >= 15 is 0 Å². The third-order valence-electron chi connectivity index (χ3n) is 5.78. The van der Waals surface area contributed by atoms with Crippen molar-refractivity contribution in [3.05, 3.63) is 41.7 Å². The fraction of sp³-hybridized carbons (Fsp3) is 0.556. The number of fused-ring (bicyclic) bond motifs is 2. The van der Waals surface area contributed by atoms with Crippen molar-refractivity contribution in [2.45, 2.75) is 50.2 Å². The minimum Gasteiger partial charge on any atom is -0.392 e. The van der Waals surface area contributed by atoms with Crippen LogP contribution in [0.4, 0.5) is 0 Å². The van der Waals surface area contributed by atoms with Gasteiger partial charge in [0.15, 0.2) is 0 Å². The smallest absolute Gasteiger partial charge is 0.222 e. The Balaban J connectivity index is 1.34. The third-order valence-corrected chi connectivity index (χ3v) is 5.78. The summed E-state index contributed by atoms with van der Waals surface area (Å²) >= 11 is 0. The third kappa shape index (κ3) is 2.93. The first-order valence-corrected chi connectivity index (χ1v) is 8.94. The molecule has 1 aliphatic heterocycles. The van der Waals surface area contributed by atoms with Crippen LogP contribution in [0, 0.1) is 0 Å². The highest BCUT2D eigenvalue weighted by Gasteiger charge is 2.47. The normalized spacial score (nSPS) is 21.5. The topological polar surface area (TPSA) is 84.1 Å². The molecule has 1 fully saturated rings. The van der Waals surface area contributed by atoms with Crippen LogP contribution in [0.15, 0.2) is 30.6 Å². The van der Waals surface area contributed by atoms with Crippen molar-refractivity contribution >= 4 is 5.91 Å². The Morgan fingerprint density at radius 2 is 2.08 bits per heavy atom. The summed E-state index contributed by atoms with van der Waals surface area (Å²) in [6.45, 7) is 2.09. The fourth-order valence-corrected chi connectivity index (χ4v) is 4.36. The van der Waals surface area contributed by atoms with Crippen LogP contribution in [-0.2, 0) is 23.2 Å². The molecular weight excluding hydrogens is 318 g/mol. The van der Waals surface area contributed by atoms with Crippen molar-refractivity contribution in [1.82, 2.24) is 25.1 Å². The van der Waals surface area contributed by atoms with Gasteiger partial charge in [-0.3, -0.25) is 4.79 Å². The van der Waals surface area contributed by atoms with Crippen LogP contribution in [0.25, 0.3) is 0 Å². The zero-order chi connectivity index (χ0) is 17.3. The van der Waals surface area contributed by atoms with Gasteiger partial charge in [-0.15, -0.1) is 5.10 Å². The SMILES string of the molecule is O=C(CCCn1cnnn1)N1CCC2(CC1)c1ccccc1CC2O. The lowest BCUT2D eigenvalue weighted by Gasteiger charge is -2.42. The van der Waals surface area contributed by atoms with E-state index in [-0.39, 0.29) is 17.4 Å². The first kappa shape index (κ1) is 16.2. The number of piperidine rings is 1. The summed E-state index contributed by atoms with van der Waals surface area (Å²) in [6.07, 6.45) is 4.88. The number of rotatable bonds is 4. The number of likely N-dealkylation sites (tertiary alicyclic amines) is 1. The van der Waals surface area contributed by atoms with E-state index in [4.69, 9.17) is 0 Å². The Morgan fingerprint density at radius 3 is 2.84 bits per heavy atom. The number of nitrogens with zero attached hydrogens (tertiary/aromatic N) is 5. The average Bonchev–Trinajstić information content (AvgIpc) is 3.23. The molecule has 0 bridgehead atoms. The van der Waals surface area contributed by atoms with Gasteiger partial charge < -0.3 is 10.0 Å². The van der Waals surface area contributed by atoms with Crippen molar-refractivity contribution in [2.24, 2.45) is 0 Å². The van der Waals surface area contributed by atoms with Crippen LogP contribution < -0.4 is 0 Å². The predicted octanol–water partition coefficient (Wildman–Crippen LogP) is 0.931. The first-order valence-electron chi connectivity index (χ1n) is 8.94. The summed E-state index contributed by atoms with van der Waals surface area (Å²) in [5.41, 5.74) is 2.38. The highest BCUT2D eigenvalue weighted by Crippen LogP contribution is 2.46. The van der Waals surface area contributed by atoms with Crippen LogP contribution in [-0.4, -0.2) is 55.3 Å². The lowest BCUT2D eigenvalue weighted by Crippen LogP contribution is -2.49. The van der Waals surface area contributed by atoms with Gasteiger partial charge in [0.25, 0.3) is 0 Å². The van der Waals surface area contributed by atoms with E-state index in [0.717, 1.165) is 38.8 Å². The van der Waals surface area contributed by atoms with Crippen molar-refractivity contribution in [1.29, 1.82) is 0 Å². The van der Waals surface area contributed by atoms with Gasteiger partial charge >= 0.3 is 0 Å². The van der Waals surface area contributed by atoms with E-state index < -0.39 is 0 Å². The fourth-order valence-electron chi connectivity index (χ4n) is 4.36. The molecule has 1 N–H and O–H groups in total. The number of aryl methyl sites for hydroxylation is 1. The number of aliphatic hydroxyl groups is 1. The molecule has 1 aliphatic carbocycles. The van der Waals surface area contributed by atoms with E-state index in [0.29, 0.717) is 13.0 Å². The molecule has 2 aliphatic rings. The van der Waals surface area contributed by atoms with Crippen molar-refractivity contribution in [3.8, 4) is 0 Å². The molecule has 1 saturated heterocycles. The highest BCUT2D eigenvalue weighted by atomic mass is 16.3. The summed E-state index contributed by atoms with van der Waals surface area (Å²) in [7, 11) is 0. The van der Waals surface area contributed by atoms with Gasteiger partial charge in [0, 0.05) is 31.5 Å². The van der Waals surface area contributed by atoms with Gasteiger partial charge in [0.2, 0.25) is 5.91 Å². The molecule has 0 radical (unpaired) electrons. The van der Waals surface area contributed by atoms with E-state index in [1.807, 2.05) is 11.0 Å². The monoisotopic (exact) mass is 341 g/mol. The van der Waals surface area contributed by atoms with E-state index in [2.05, 4.69) is 33.7 Å². The van der Waals surface area contributed by atoms with Gasteiger partial charge in [0.1, 0.15) is 6.33 Å². The maximum absolute atomic E-state index is 12.5. The molecule has 2 heterocycles. The number of amides is 1. The second-order valence-corrected chi connectivity index (χ2v) is 7.09. The van der Waals surface area contributed by atoms with Crippen molar-refractivity contribution in [3.63, 3.8) is 0 Å². The predicted molar refractivity (Wildman–Crippen MR) is 90.7 cm³/mol. The van der Waals surface area contributed by atoms with Crippen LogP contribution >= 0.6 is 0 Å². The van der Waals surface area contributed by atoms with E-state index in [1.165, 1.54) is 11.1 Å². The molecule has 1 amide bonds. The number of aliphatic hydroxyl groups excluding tert-OH is 1. The molecule has 1 unspecified atom stereocenters. The zero-order valence-corrected chi connectivity index (χ0v) is 14.2. The molecule has 1 spiro atoms. The number of aromatic nitrogens is 4. The average molecular weight is 341 g/mol. The van der Waals surface area contributed by atoms with Crippen LogP contribution in [0.3, 0.4) is 0 Å². The Labute approximate surface area is 146 Å². The Bertz CT molecular complexity index is 738. The van der Waals surface area contributed by atoms with Gasteiger partial charge in [-0.25, -0.2) is 4.68 Å². The largest absolute Gasteiger partial charge is 0.392 e. The Hall–Kier alpha value is -2.28. The molecule has 0 saturated carbocycles. The number of carbonyl (C=O) groups is 1. The van der Waals surface area contributed by atoms with Gasteiger partial charge in [-0.05, 0) is 47.2 Å². The maximum Gasteiger partial charge on any atom is 0.222 e. The second-order valence-electron chi connectivity index (χ2n) is 7.09. The molecule has 7 nitrogen and oxygen atoms in total. The number of carbonyl (C=O) groups excluding carboxylic acids is 1. The summed E-state index contributed by atoms with van der Waals surface area (Å²) < 4.78 is 1.64. The molecule has 7 heteroatoms. The van der Waals surface area contributed by atoms with Crippen molar-refractivity contribution in [2.75, 3.05) is 13.1 Å². The summed E-state index contributed by atoms with van der Waals surface area (Å²) in [6, 6.07) is 8.35. The molecule has 1 aromatic carbocycles. The lowest BCUT2D eigenvalue weighted by atomic mass is 9.72. The summed E-state index contributed by atoms with van der Waals surface area (Å²) in [5, 5.41) is 21.7. The molecule has 132 valence electrons. The minimum absolute atomic E-state index is 0.167. The molecule has 1 aromatic heterocycles. The second kappa shape index (κ2) is 6.55. The number of hydrogen-bond donors (Lipinski definition) is 1. The lowest BCUT2D eigenvalue weighted by molar-refractivity contribution is -0.133. The van der Waals surface area contributed by atoms with Crippen molar-refractivity contribution < 1.29 is 9.90 Å². The van der Waals surface area contributed by atoms with E-state index in [9.17, 15) is 9.90 Å². The Morgan fingerprint density at radius 1 is 1.28 bits per heavy atom.